The molecule has 26 heavy (non-hydrogen) atoms. The van der Waals surface area contributed by atoms with Gasteiger partial charge < -0.3 is 5.32 Å². The lowest BCUT2D eigenvalue weighted by atomic mass is 10.2. The van der Waals surface area contributed by atoms with Gasteiger partial charge in [-0.1, -0.05) is 36.9 Å². The van der Waals surface area contributed by atoms with Gasteiger partial charge in [-0.05, 0) is 43.3 Å². The summed E-state index contributed by atoms with van der Waals surface area (Å²) in [5.41, 5.74) is 2.36. The van der Waals surface area contributed by atoms with Gasteiger partial charge >= 0.3 is 0 Å². The Morgan fingerprint density at radius 3 is 2.85 bits per heavy atom. The van der Waals surface area contributed by atoms with Crippen molar-refractivity contribution in [3.63, 3.8) is 0 Å². The number of hydrogen-bond donors (Lipinski definition) is 1. The maximum absolute atomic E-state index is 13.1. The number of carbonyl (C=O) groups is 1. The number of hydrogen-bond acceptors (Lipinski definition) is 5. The molecule has 1 amide bonds. The average Bonchev–Trinajstić information content (AvgIpc) is 3.10. The van der Waals surface area contributed by atoms with Gasteiger partial charge in [0.2, 0.25) is 5.91 Å². The van der Waals surface area contributed by atoms with Crippen molar-refractivity contribution in [3.8, 4) is 5.69 Å². The molecule has 0 aliphatic rings. The van der Waals surface area contributed by atoms with E-state index in [1.165, 1.54) is 23.1 Å². The number of aromatic nitrogens is 2. The molecule has 0 aliphatic heterocycles. The van der Waals surface area contributed by atoms with Crippen LogP contribution in [0.15, 0.2) is 45.7 Å². The molecule has 1 N–H and O–H groups in total. The predicted octanol–water partition coefficient (Wildman–Crippen LogP) is 3.76. The third kappa shape index (κ3) is 3.83. The van der Waals surface area contributed by atoms with Crippen LogP contribution in [-0.2, 0) is 4.79 Å². The Bertz CT molecular complexity index is 994. The molecule has 0 fully saturated rings. The maximum atomic E-state index is 13.1. The monoisotopic (exact) mass is 387 g/mol. The molecule has 2 heterocycles. The van der Waals surface area contributed by atoms with Gasteiger partial charge in [0.1, 0.15) is 4.70 Å². The van der Waals surface area contributed by atoms with Crippen LogP contribution < -0.4 is 10.9 Å². The Kier molecular flexibility index (Phi) is 5.78. The lowest BCUT2D eigenvalue weighted by Crippen LogP contribution is -2.33. The number of amides is 1. The van der Waals surface area contributed by atoms with E-state index in [0.717, 1.165) is 17.7 Å². The Hall–Kier alpha value is -2.12. The number of carbonyl (C=O) groups excluding carboxylic acids is 1. The minimum absolute atomic E-state index is 0.0552. The Morgan fingerprint density at radius 1 is 1.35 bits per heavy atom. The quantitative estimate of drug-likeness (QED) is 0.517. The Balaban J connectivity index is 2.01. The molecule has 7 heteroatoms. The average molecular weight is 388 g/mol. The maximum Gasteiger partial charge on any atom is 0.276 e. The van der Waals surface area contributed by atoms with E-state index in [1.807, 2.05) is 56.5 Å². The minimum atomic E-state index is -0.0934. The van der Waals surface area contributed by atoms with Gasteiger partial charge in [-0.15, -0.1) is 11.3 Å². The van der Waals surface area contributed by atoms with Crippen LogP contribution in [0.2, 0.25) is 0 Å². The first-order valence-electron chi connectivity index (χ1n) is 8.49. The van der Waals surface area contributed by atoms with Crippen LogP contribution in [0, 0.1) is 6.92 Å². The van der Waals surface area contributed by atoms with E-state index in [-0.39, 0.29) is 23.3 Å². The fourth-order valence-corrected chi connectivity index (χ4v) is 4.14. The Morgan fingerprint density at radius 2 is 2.12 bits per heavy atom. The zero-order valence-corrected chi connectivity index (χ0v) is 16.6. The number of benzene rings is 1. The first-order valence-corrected chi connectivity index (χ1v) is 10.4. The van der Waals surface area contributed by atoms with Crippen molar-refractivity contribution in [2.24, 2.45) is 0 Å². The number of rotatable bonds is 6. The smallest absolute Gasteiger partial charge is 0.276 e. The van der Waals surface area contributed by atoms with Crippen LogP contribution in [0.4, 0.5) is 0 Å². The molecule has 0 aliphatic carbocycles. The highest BCUT2D eigenvalue weighted by Crippen LogP contribution is 2.24. The lowest BCUT2D eigenvalue weighted by Gasteiger charge is -2.15. The molecule has 1 unspecified atom stereocenters. The van der Waals surface area contributed by atoms with Crippen molar-refractivity contribution in [1.82, 2.24) is 14.9 Å². The van der Waals surface area contributed by atoms with Crippen LogP contribution in [0.25, 0.3) is 15.9 Å². The van der Waals surface area contributed by atoms with E-state index < -0.39 is 0 Å². The van der Waals surface area contributed by atoms with E-state index in [1.54, 1.807) is 4.57 Å². The highest BCUT2D eigenvalue weighted by atomic mass is 32.2. The predicted molar refractivity (Wildman–Crippen MR) is 109 cm³/mol. The van der Waals surface area contributed by atoms with Crippen molar-refractivity contribution in [1.29, 1.82) is 0 Å². The van der Waals surface area contributed by atoms with Crippen molar-refractivity contribution >= 4 is 39.2 Å². The van der Waals surface area contributed by atoms with Gasteiger partial charge in [-0.2, -0.15) is 0 Å². The molecule has 3 rings (SSSR count). The summed E-state index contributed by atoms with van der Waals surface area (Å²) < 4.78 is 2.25. The van der Waals surface area contributed by atoms with Crippen molar-refractivity contribution in [2.75, 3.05) is 5.75 Å². The van der Waals surface area contributed by atoms with Gasteiger partial charge in [-0.25, -0.2) is 4.98 Å². The normalized spacial score (nSPS) is 12.3. The molecule has 1 atom stereocenters. The zero-order valence-electron chi connectivity index (χ0n) is 15.0. The van der Waals surface area contributed by atoms with Gasteiger partial charge in [0.15, 0.2) is 5.16 Å². The van der Waals surface area contributed by atoms with Crippen LogP contribution in [0.1, 0.15) is 25.8 Å². The van der Waals surface area contributed by atoms with Gasteiger partial charge in [0.25, 0.3) is 5.56 Å². The summed E-state index contributed by atoms with van der Waals surface area (Å²) >= 11 is 2.68. The molecular weight excluding hydrogens is 366 g/mol. The standard InChI is InChI=1S/C19H21N3O2S2/c1-4-13(3)20-16(23)11-26-19-21-14-9-10-25-17(14)18(24)22(19)15-8-6-5-7-12(15)2/h5-10,13H,4,11H2,1-3H3,(H,20,23). The number of thiophene rings is 1. The second-order valence-electron chi connectivity index (χ2n) is 6.12. The highest BCUT2D eigenvalue weighted by molar-refractivity contribution is 7.99. The van der Waals surface area contributed by atoms with Crippen molar-refractivity contribution < 1.29 is 4.79 Å². The van der Waals surface area contributed by atoms with E-state index in [0.29, 0.717) is 15.4 Å². The summed E-state index contributed by atoms with van der Waals surface area (Å²) in [6, 6.07) is 9.68. The topological polar surface area (TPSA) is 64.0 Å². The number of nitrogens with zero attached hydrogens (tertiary/aromatic N) is 2. The van der Waals surface area contributed by atoms with Crippen LogP contribution in [0.3, 0.4) is 0 Å². The number of thioether (sulfide) groups is 1. The second kappa shape index (κ2) is 8.05. The van der Waals surface area contributed by atoms with Crippen LogP contribution in [-0.4, -0.2) is 27.3 Å². The summed E-state index contributed by atoms with van der Waals surface area (Å²) in [6.07, 6.45) is 0.878. The number of para-hydroxylation sites is 1. The largest absolute Gasteiger partial charge is 0.353 e. The van der Waals surface area contributed by atoms with Crippen molar-refractivity contribution in [3.05, 3.63) is 51.6 Å². The number of aryl methyl sites for hydroxylation is 1. The van der Waals surface area contributed by atoms with Gasteiger partial charge in [0, 0.05) is 6.04 Å². The molecule has 0 saturated carbocycles. The van der Waals surface area contributed by atoms with E-state index in [4.69, 9.17) is 0 Å². The first kappa shape index (κ1) is 18.7. The molecule has 3 aromatic rings. The Labute approximate surface area is 160 Å². The lowest BCUT2D eigenvalue weighted by molar-refractivity contribution is -0.119. The highest BCUT2D eigenvalue weighted by Gasteiger charge is 2.17. The molecule has 1 aromatic carbocycles. The van der Waals surface area contributed by atoms with E-state index in [2.05, 4.69) is 10.3 Å². The molecule has 136 valence electrons. The summed E-state index contributed by atoms with van der Waals surface area (Å²) in [4.78, 5) is 29.8. The summed E-state index contributed by atoms with van der Waals surface area (Å²) in [7, 11) is 0. The molecule has 0 radical (unpaired) electrons. The number of nitrogens with one attached hydrogen (secondary N) is 1. The van der Waals surface area contributed by atoms with Crippen molar-refractivity contribution in [2.45, 2.75) is 38.4 Å². The molecule has 0 saturated heterocycles. The first-order chi connectivity index (χ1) is 12.5. The molecular formula is C19H21N3O2S2. The zero-order chi connectivity index (χ0) is 18.7. The third-order valence-corrected chi connectivity index (χ3v) is 5.99. The van der Waals surface area contributed by atoms with Gasteiger partial charge in [0.05, 0.1) is 17.0 Å². The summed E-state index contributed by atoms with van der Waals surface area (Å²) in [5.74, 6) is 0.165. The van der Waals surface area contributed by atoms with Crippen LogP contribution in [0.5, 0.6) is 0 Å². The molecule has 0 spiro atoms. The summed E-state index contributed by atoms with van der Waals surface area (Å²) in [5, 5.41) is 5.35. The number of fused-ring (bicyclic) bond motifs is 1. The second-order valence-corrected chi connectivity index (χ2v) is 7.98. The molecule has 0 bridgehead atoms. The molecule has 5 nitrogen and oxygen atoms in total. The fraction of sp³-hybridized carbons (Fsp3) is 0.316. The van der Waals surface area contributed by atoms with Gasteiger partial charge in [-0.3, -0.25) is 14.2 Å². The minimum Gasteiger partial charge on any atom is -0.353 e. The van der Waals surface area contributed by atoms with E-state index >= 15 is 0 Å². The van der Waals surface area contributed by atoms with E-state index in [9.17, 15) is 9.59 Å². The van der Waals surface area contributed by atoms with Crippen LogP contribution >= 0.6 is 23.1 Å². The summed E-state index contributed by atoms with van der Waals surface area (Å²) in [6.45, 7) is 5.96. The fourth-order valence-electron chi connectivity index (χ4n) is 2.56. The SMILES string of the molecule is CCC(C)NC(=O)CSc1nc2ccsc2c(=O)n1-c1ccccc1C. The molecule has 2 aromatic heterocycles. The third-order valence-electron chi connectivity index (χ3n) is 4.16.